The lowest BCUT2D eigenvalue weighted by molar-refractivity contribution is 0.0810. The molecule has 2 rings (SSSR count). The van der Waals surface area contributed by atoms with Gasteiger partial charge in [-0.05, 0) is 82.6 Å². The third-order valence-corrected chi connectivity index (χ3v) is 6.29. The Bertz CT molecular complexity index is 295. The van der Waals surface area contributed by atoms with Crippen LogP contribution in [-0.4, -0.2) is 12.1 Å². The Balaban J connectivity index is 1.96. The summed E-state index contributed by atoms with van der Waals surface area (Å²) in [6.07, 6.45) is 11.9. The Morgan fingerprint density at radius 3 is 2.19 bits per heavy atom. The number of hydrogen-bond donors (Lipinski definition) is 1. The highest BCUT2D eigenvalue weighted by Crippen LogP contribution is 2.45. The maximum absolute atomic E-state index is 3.80. The van der Waals surface area contributed by atoms with Gasteiger partial charge >= 0.3 is 0 Å². The SMILES string of the molecule is CCC1CCC(CNC(C)(C)C)C(C2CCC(C)CC2)C1. The molecule has 0 aromatic carbocycles. The second-order valence-electron chi connectivity index (χ2n) is 9.16. The van der Waals surface area contributed by atoms with E-state index in [1.165, 1.54) is 57.9 Å². The topological polar surface area (TPSA) is 12.0 Å². The molecule has 2 aliphatic carbocycles. The van der Waals surface area contributed by atoms with Crippen molar-refractivity contribution in [2.45, 2.75) is 91.5 Å². The van der Waals surface area contributed by atoms with Crippen molar-refractivity contribution in [2.75, 3.05) is 6.54 Å². The molecule has 3 atom stereocenters. The normalized spacial score (nSPS) is 38.4. The van der Waals surface area contributed by atoms with E-state index in [0.717, 1.165) is 29.6 Å². The number of nitrogens with one attached hydrogen (secondary N) is 1. The van der Waals surface area contributed by atoms with Crippen molar-refractivity contribution in [3.05, 3.63) is 0 Å². The van der Waals surface area contributed by atoms with Gasteiger partial charge in [-0.15, -0.1) is 0 Å². The number of rotatable bonds is 4. The molecule has 1 nitrogen and oxygen atoms in total. The van der Waals surface area contributed by atoms with Crippen LogP contribution in [0.4, 0.5) is 0 Å². The third-order valence-electron chi connectivity index (χ3n) is 6.29. The third kappa shape index (κ3) is 5.27. The van der Waals surface area contributed by atoms with Crippen molar-refractivity contribution in [1.29, 1.82) is 0 Å². The van der Waals surface area contributed by atoms with Crippen molar-refractivity contribution in [3.8, 4) is 0 Å². The van der Waals surface area contributed by atoms with Gasteiger partial charge in [-0.2, -0.15) is 0 Å². The summed E-state index contributed by atoms with van der Waals surface area (Å²) in [5.74, 6) is 4.97. The molecular formula is C20H39N. The van der Waals surface area contributed by atoms with Crippen molar-refractivity contribution < 1.29 is 0 Å². The Kier molecular flexibility index (Phi) is 6.17. The molecule has 2 aliphatic rings. The van der Waals surface area contributed by atoms with E-state index in [4.69, 9.17) is 0 Å². The molecule has 21 heavy (non-hydrogen) atoms. The standard InChI is InChI=1S/C20H39N/c1-6-16-9-12-18(14-21-20(3,4)5)19(13-16)17-10-7-15(2)8-11-17/h15-19,21H,6-14H2,1-5H3. The van der Waals surface area contributed by atoms with Crippen LogP contribution >= 0.6 is 0 Å². The Labute approximate surface area is 133 Å². The first-order chi connectivity index (χ1) is 9.89. The molecule has 1 N–H and O–H groups in total. The summed E-state index contributed by atoms with van der Waals surface area (Å²) in [6.45, 7) is 13.0. The van der Waals surface area contributed by atoms with Crippen LogP contribution in [-0.2, 0) is 0 Å². The van der Waals surface area contributed by atoms with E-state index in [0.29, 0.717) is 0 Å². The van der Waals surface area contributed by atoms with Crippen LogP contribution < -0.4 is 5.32 Å². The van der Waals surface area contributed by atoms with E-state index in [-0.39, 0.29) is 5.54 Å². The van der Waals surface area contributed by atoms with Crippen LogP contribution in [0.5, 0.6) is 0 Å². The molecule has 1 heteroatoms. The van der Waals surface area contributed by atoms with Gasteiger partial charge in [0.05, 0.1) is 0 Å². The lowest BCUT2D eigenvalue weighted by atomic mass is 9.64. The zero-order valence-corrected chi connectivity index (χ0v) is 15.3. The minimum absolute atomic E-state index is 0.271. The first kappa shape index (κ1) is 17.3. The summed E-state index contributed by atoms with van der Waals surface area (Å²) in [6, 6.07) is 0. The van der Waals surface area contributed by atoms with Gasteiger partial charge in [0.15, 0.2) is 0 Å². The van der Waals surface area contributed by atoms with E-state index in [2.05, 4.69) is 39.9 Å². The average molecular weight is 294 g/mol. The fraction of sp³-hybridized carbons (Fsp3) is 1.00. The molecule has 0 aromatic heterocycles. The Morgan fingerprint density at radius 2 is 1.62 bits per heavy atom. The monoisotopic (exact) mass is 293 g/mol. The van der Waals surface area contributed by atoms with E-state index < -0.39 is 0 Å². The molecular weight excluding hydrogens is 254 g/mol. The largest absolute Gasteiger partial charge is 0.312 e. The van der Waals surface area contributed by atoms with Crippen LogP contribution in [0.15, 0.2) is 0 Å². The van der Waals surface area contributed by atoms with Crippen molar-refractivity contribution in [1.82, 2.24) is 5.32 Å². The van der Waals surface area contributed by atoms with E-state index in [9.17, 15) is 0 Å². The summed E-state index contributed by atoms with van der Waals surface area (Å²) in [5.41, 5.74) is 0.271. The summed E-state index contributed by atoms with van der Waals surface area (Å²) in [4.78, 5) is 0. The van der Waals surface area contributed by atoms with Gasteiger partial charge in [0.2, 0.25) is 0 Å². The second-order valence-corrected chi connectivity index (χ2v) is 9.16. The fourth-order valence-corrected chi connectivity index (χ4v) is 4.71. The van der Waals surface area contributed by atoms with E-state index in [1.807, 2.05) is 0 Å². The summed E-state index contributed by atoms with van der Waals surface area (Å²) in [7, 11) is 0. The van der Waals surface area contributed by atoms with Gasteiger partial charge in [-0.25, -0.2) is 0 Å². The maximum atomic E-state index is 3.80. The lowest BCUT2D eigenvalue weighted by Crippen LogP contribution is -2.44. The molecule has 0 radical (unpaired) electrons. The van der Waals surface area contributed by atoms with Gasteiger partial charge in [0, 0.05) is 5.54 Å². The Hall–Kier alpha value is -0.0400. The zero-order valence-electron chi connectivity index (χ0n) is 15.3. The van der Waals surface area contributed by atoms with Gasteiger partial charge in [-0.1, -0.05) is 39.5 Å². The molecule has 0 aromatic rings. The van der Waals surface area contributed by atoms with E-state index >= 15 is 0 Å². The Morgan fingerprint density at radius 1 is 0.952 bits per heavy atom. The second kappa shape index (κ2) is 7.49. The highest BCUT2D eigenvalue weighted by Gasteiger charge is 2.36. The predicted molar refractivity (Wildman–Crippen MR) is 93.5 cm³/mol. The molecule has 0 spiro atoms. The van der Waals surface area contributed by atoms with Gasteiger partial charge in [-0.3, -0.25) is 0 Å². The fourth-order valence-electron chi connectivity index (χ4n) is 4.71. The lowest BCUT2D eigenvalue weighted by Gasteiger charge is -2.43. The molecule has 3 unspecified atom stereocenters. The quantitative estimate of drug-likeness (QED) is 0.707. The molecule has 2 saturated carbocycles. The molecule has 0 aliphatic heterocycles. The highest BCUT2D eigenvalue weighted by atomic mass is 14.9. The van der Waals surface area contributed by atoms with Crippen LogP contribution in [0.3, 0.4) is 0 Å². The molecule has 0 saturated heterocycles. The maximum Gasteiger partial charge on any atom is 0.00966 e. The number of hydrogen-bond acceptors (Lipinski definition) is 1. The molecule has 0 bridgehead atoms. The van der Waals surface area contributed by atoms with E-state index in [1.54, 1.807) is 0 Å². The van der Waals surface area contributed by atoms with Crippen molar-refractivity contribution in [3.63, 3.8) is 0 Å². The molecule has 2 fully saturated rings. The van der Waals surface area contributed by atoms with Crippen LogP contribution in [0.25, 0.3) is 0 Å². The van der Waals surface area contributed by atoms with Crippen LogP contribution in [0, 0.1) is 29.6 Å². The smallest absolute Gasteiger partial charge is 0.00966 e. The first-order valence-corrected chi connectivity index (χ1v) is 9.64. The minimum atomic E-state index is 0.271. The van der Waals surface area contributed by atoms with Gasteiger partial charge < -0.3 is 5.32 Å². The van der Waals surface area contributed by atoms with Crippen LogP contribution in [0.1, 0.15) is 86.0 Å². The summed E-state index contributed by atoms with van der Waals surface area (Å²) >= 11 is 0. The van der Waals surface area contributed by atoms with Crippen molar-refractivity contribution in [2.24, 2.45) is 29.6 Å². The van der Waals surface area contributed by atoms with Gasteiger partial charge in [0.1, 0.15) is 0 Å². The highest BCUT2D eigenvalue weighted by molar-refractivity contribution is 4.88. The van der Waals surface area contributed by atoms with Crippen molar-refractivity contribution >= 4 is 0 Å². The molecule has 0 heterocycles. The predicted octanol–water partition coefficient (Wildman–Crippen LogP) is 5.64. The zero-order chi connectivity index (χ0) is 15.5. The first-order valence-electron chi connectivity index (χ1n) is 9.64. The summed E-state index contributed by atoms with van der Waals surface area (Å²) < 4.78 is 0. The molecule has 124 valence electrons. The van der Waals surface area contributed by atoms with Crippen LogP contribution in [0.2, 0.25) is 0 Å². The average Bonchev–Trinajstić information content (AvgIpc) is 2.45. The minimum Gasteiger partial charge on any atom is -0.312 e. The summed E-state index contributed by atoms with van der Waals surface area (Å²) in [5, 5.41) is 3.80. The molecule has 0 amide bonds. The van der Waals surface area contributed by atoms with Gasteiger partial charge in [0.25, 0.3) is 0 Å².